The fraction of sp³-hybridized carbons (Fsp3) is 0.364. The number of carbonyl (C=O) groups excluding carboxylic acids is 1. The van der Waals surface area contributed by atoms with Crippen molar-refractivity contribution in [2.45, 2.75) is 25.8 Å². The van der Waals surface area contributed by atoms with E-state index in [4.69, 9.17) is 0 Å². The lowest BCUT2D eigenvalue weighted by Crippen LogP contribution is -2.22. The molecule has 1 saturated carbocycles. The lowest BCUT2D eigenvalue weighted by molar-refractivity contribution is -0.116. The second-order valence-electron chi connectivity index (χ2n) is 3.58. The Bertz CT molecular complexity index is 363. The minimum atomic E-state index is 0.0281. The third kappa shape index (κ3) is 2.45. The summed E-state index contributed by atoms with van der Waals surface area (Å²) in [6.45, 7) is 2.05. The van der Waals surface area contributed by atoms with Crippen LogP contribution in [-0.2, 0) is 4.79 Å². The predicted molar refractivity (Wildman–Crippen MR) is 59.3 cm³/mol. The molecule has 14 heavy (non-hydrogen) atoms. The van der Waals surface area contributed by atoms with Gasteiger partial charge < -0.3 is 5.32 Å². The first kappa shape index (κ1) is 9.46. The van der Waals surface area contributed by atoms with Crippen LogP contribution in [0.3, 0.4) is 0 Å². The van der Waals surface area contributed by atoms with E-state index in [2.05, 4.69) is 18.3 Å². The zero-order chi connectivity index (χ0) is 9.97. The molecule has 1 N–H and O–H groups in total. The van der Waals surface area contributed by atoms with Gasteiger partial charge in [0.15, 0.2) is 0 Å². The van der Waals surface area contributed by atoms with Crippen LogP contribution in [0, 0.1) is 6.92 Å². The molecule has 1 amide bonds. The van der Waals surface area contributed by atoms with Gasteiger partial charge in [0.05, 0.1) is 0 Å². The maximum absolute atomic E-state index is 11.3. The third-order valence-corrected chi connectivity index (χ3v) is 3.20. The van der Waals surface area contributed by atoms with E-state index in [1.54, 1.807) is 17.4 Å². The average molecular weight is 207 g/mol. The molecule has 2 rings (SSSR count). The van der Waals surface area contributed by atoms with Crippen molar-refractivity contribution >= 4 is 23.3 Å². The molecule has 1 aliphatic rings. The van der Waals surface area contributed by atoms with Crippen molar-refractivity contribution in [2.75, 3.05) is 0 Å². The summed E-state index contributed by atoms with van der Waals surface area (Å²) in [4.78, 5) is 12.5. The molecule has 0 unspecified atom stereocenters. The fourth-order valence-electron chi connectivity index (χ4n) is 1.18. The molecule has 1 aromatic heterocycles. The van der Waals surface area contributed by atoms with Crippen LogP contribution >= 0.6 is 11.3 Å². The van der Waals surface area contributed by atoms with Gasteiger partial charge in [-0.2, -0.15) is 0 Å². The molecule has 74 valence electrons. The molecular weight excluding hydrogens is 194 g/mol. The highest BCUT2D eigenvalue weighted by molar-refractivity contribution is 7.11. The lowest BCUT2D eigenvalue weighted by atomic mass is 10.3. The number of hydrogen-bond acceptors (Lipinski definition) is 2. The van der Waals surface area contributed by atoms with Crippen LogP contribution in [0.15, 0.2) is 17.5 Å². The summed E-state index contributed by atoms with van der Waals surface area (Å²) in [5.74, 6) is 0.0281. The molecule has 0 aliphatic heterocycles. The second-order valence-corrected chi connectivity index (χ2v) is 4.53. The monoisotopic (exact) mass is 207 g/mol. The molecule has 1 aromatic rings. The molecule has 0 saturated heterocycles. The van der Waals surface area contributed by atoms with Gasteiger partial charge in [0, 0.05) is 17.0 Å². The summed E-state index contributed by atoms with van der Waals surface area (Å²) in [7, 11) is 0. The van der Waals surface area contributed by atoms with Gasteiger partial charge >= 0.3 is 0 Å². The normalized spacial score (nSPS) is 16.1. The number of amides is 1. The van der Waals surface area contributed by atoms with Crippen LogP contribution in [0.25, 0.3) is 6.08 Å². The van der Waals surface area contributed by atoms with Gasteiger partial charge in [-0.05, 0) is 42.9 Å². The smallest absolute Gasteiger partial charge is 0.244 e. The number of hydrogen-bond donors (Lipinski definition) is 1. The molecule has 1 heterocycles. The Morgan fingerprint density at radius 3 is 3.00 bits per heavy atom. The van der Waals surface area contributed by atoms with E-state index in [-0.39, 0.29) is 5.91 Å². The molecule has 2 nitrogen and oxygen atoms in total. The molecule has 0 bridgehead atoms. The van der Waals surface area contributed by atoms with Crippen LogP contribution in [-0.4, -0.2) is 11.9 Å². The number of nitrogens with one attached hydrogen (secondary N) is 1. The van der Waals surface area contributed by atoms with Gasteiger partial charge in [0.1, 0.15) is 0 Å². The lowest BCUT2D eigenvalue weighted by Gasteiger charge is -1.96. The molecule has 0 spiro atoms. The molecule has 1 fully saturated rings. The minimum absolute atomic E-state index is 0.0281. The highest BCUT2D eigenvalue weighted by Gasteiger charge is 2.21. The maximum atomic E-state index is 11.3. The van der Waals surface area contributed by atoms with Crippen molar-refractivity contribution in [1.82, 2.24) is 5.32 Å². The molecule has 1 aliphatic carbocycles. The van der Waals surface area contributed by atoms with E-state index in [0.29, 0.717) is 6.04 Å². The van der Waals surface area contributed by atoms with Crippen LogP contribution < -0.4 is 5.32 Å². The second kappa shape index (κ2) is 3.96. The van der Waals surface area contributed by atoms with E-state index in [1.165, 1.54) is 5.56 Å². The summed E-state index contributed by atoms with van der Waals surface area (Å²) in [6, 6.07) is 2.50. The van der Waals surface area contributed by atoms with Crippen LogP contribution in [0.2, 0.25) is 0 Å². The van der Waals surface area contributed by atoms with Gasteiger partial charge in [-0.25, -0.2) is 0 Å². The minimum Gasteiger partial charge on any atom is -0.350 e. The average Bonchev–Trinajstić information content (AvgIpc) is 2.86. The predicted octanol–water partition coefficient (Wildman–Crippen LogP) is 2.35. The SMILES string of the molecule is Cc1ccsc1C=CC(=O)NC1CC1. The van der Waals surface area contributed by atoms with E-state index in [9.17, 15) is 4.79 Å². The van der Waals surface area contributed by atoms with Crippen molar-refractivity contribution < 1.29 is 4.79 Å². The van der Waals surface area contributed by atoms with Crippen molar-refractivity contribution in [3.05, 3.63) is 28.0 Å². The first-order valence-electron chi connectivity index (χ1n) is 4.78. The molecule has 3 heteroatoms. The number of aryl methyl sites for hydroxylation is 1. The van der Waals surface area contributed by atoms with Crippen molar-refractivity contribution in [2.24, 2.45) is 0 Å². The van der Waals surface area contributed by atoms with E-state index in [1.807, 2.05) is 11.5 Å². The third-order valence-electron chi connectivity index (χ3n) is 2.21. The van der Waals surface area contributed by atoms with Gasteiger partial charge in [-0.1, -0.05) is 0 Å². The van der Waals surface area contributed by atoms with E-state index >= 15 is 0 Å². The van der Waals surface area contributed by atoms with E-state index < -0.39 is 0 Å². The van der Waals surface area contributed by atoms with Gasteiger partial charge in [-0.3, -0.25) is 4.79 Å². The fourth-order valence-corrected chi connectivity index (χ4v) is 2.00. The Balaban J connectivity index is 1.92. The quantitative estimate of drug-likeness (QED) is 0.757. The van der Waals surface area contributed by atoms with Crippen LogP contribution in [0.4, 0.5) is 0 Å². The number of thiophene rings is 1. The summed E-state index contributed by atoms with van der Waals surface area (Å²) >= 11 is 1.66. The van der Waals surface area contributed by atoms with Gasteiger partial charge in [-0.15, -0.1) is 11.3 Å². The summed E-state index contributed by atoms with van der Waals surface area (Å²) in [5, 5.41) is 4.95. The van der Waals surface area contributed by atoms with Crippen molar-refractivity contribution in [3.63, 3.8) is 0 Å². The first-order chi connectivity index (χ1) is 6.75. The Kier molecular flexibility index (Phi) is 2.68. The van der Waals surface area contributed by atoms with Gasteiger partial charge in [0.2, 0.25) is 5.91 Å². The molecule has 0 atom stereocenters. The topological polar surface area (TPSA) is 29.1 Å². The Labute approximate surface area is 87.6 Å². The zero-order valence-corrected chi connectivity index (χ0v) is 8.93. The van der Waals surface area contributed by atoms with Crippen molar-refractivity contribution in [1.29, 1.82) is 0 Å². The number of rotatable bonds is 3. The zero-order valence-electron chi connectivity index (χ0n) is 8.12. The highest BCUT2D eigenvalue weighted by Crippen LogP contribution is 2.19. The first-order valence-corrected chi connectivity index (χ1v) is 5.66. The summed E-state index contributed by atoms with van der Waals surface area (Å²) in [5.41, 5.74) is 1.23. The molecular formula is C11H13NOS. The Morgan fingerprint density at radius 2 is 2.43 bits per heavy atom. The largest absolute Gasteiger partial charge is 0.350 e. The molecule has 0 aromatic carbocycles. The summed E-state index contributed by atoms with van der Waals surface area (Å²) in [6.07, 6.45) is 5.78. The standard InChI is InChI=1S/C11H13NOS/c1-8-6-7-14-10(8)4-5-11(13)12-9-2-3-9/h4-7,9H,2-3H2,1H3,(H,12,13). The summed E-state index contributed by atoms with van der Waals surface area (Å²) < 4.78 is 0. The van der Waals surface area contributed by atoms with Crippen LogP contribution in [0.1, 0.15) is 23.3 Å². The van der Waals surface area contributed by atoms with Gasteiger partial charge in [0.25, 0.3) is 0 Å². The number of carbonyl (C=O) groups is 1. The van der Waals surface area contributed by atoms with E-state index in [0.717, 1.165) is 17.7 Å². The Morgan fingerprint density at radius 1 is 1.64 bits per heavy atom. The van der Waals surface area contributed by atoms with Crippen LogP contribution in [0.5, 0.6) is 0 Å². The highest BCUT2D eigenvalue weighted by atomic mass is 32.1. The Hall–Kier alpha value is -1.09. The molecule has 0 radical (unpaired) electrons. The van der Waals surface area contributed by atoms with Crippen molar-refractivity contribution in [3.8, 4) is 0 Å². The maximum Gasteiger partial charge on any atom is 0.244 e.